The number of nitrogens with zero attached hydrogens (tertiary/aromatic N) is 3. The summed E-state index contributed by atoms with van der Waals surface area (Å²) in [6, 6.07) is 19.4. The minimum Gasteiger partial charge on any atom is -0.856 e. The van der Waals surface area contributed by atoms with Gasteiger partial charge in [-0.05, 0) is 17.2 Å². The number of benzene rings is 2. The van der Waals surface area contributed by atoms with Gasteiger partial charge in [0, 0.05) is 24.2 Å². The summed E-state index contributed by atoms with van der Waals surface area (Å²) in [6.07, 6.45) is 5.54. The highest BCUT2D eigenvalue weighted by atomic mass is 16.3. The van der Waals surface area contributed by atoms with Crippen LogP contribution in [0.5, 0.6) is 0 Å². The number of rotatable bonds is 7. The first-order valence-corrected chi connectivity index (χ1v) is 8.69. The van der Waals surface area contributed by atoms with Crippen molar-refractivity contribution in [2.75, 3.05) is 13.1 Å². The van der Waals surface area contributed by atoms with Crippen LogP contribution in [0.3, 0.4) is 0 Å². The van der Waals surface area contributed by atoms with Gasteiger partial charge in [0.05, 0.1) is 5.90 Å². The van der Waals surface area contributed by atoms with Crippen LogP contribution in [0.1, 0.15) is 17.2 Å². The molecule has 0 radical (unpaired) electrons. The van der Waals surface area contributed by atoms with E-state index >= 15 is 0 Å². The molecule has 2 aromatic carbocycles. The molecule has 2 atom stereocenters. The van der Waals surface area contributed by atoms with E-state index in [0.717, 1.165) is 11.1 Å². The largest absolute Gasteiger partial charge is 0.856 e. The quantitative estimate of drug-likeness (QED) is 0.572. The fourth-order valence-electron chi connectivity index (χ4n) is 3.29. The van der Waals surface area contributed by atoms with Crippen molar-refractivity contribution in [2.45, 2.75) is 12.1 Å². The maximum absolute atomic E-state index is 12.8. The summed E-state index contributed by atoms with van der Waals surface area (Å²) in [5, 5.41) is 17.1. The van der Waals surface area contributed by atoms with Gasteiger partial charge >= 0.3 is 0 Å². The van der Waals surface area contributed by atoms with Crippen LogP contribution in [0.4, 0.5) is 0 Å². The smallest absolute Gasteiger partial charge is 0.229 e. The first kappa shape index (κ1) is 17.8. The van der Waals surface area contributed by atoms with Gasteiger partial charge in [-0.3, -0.25) is 4.90 Å². The Bertz CT molecular complexity index is 802. The molecule has 0 unspecified atom stereocenters. The second-order valence-corrected chi connectivity index (χ2v) is 6.19. The molecule has 0 amide bonds. The van der Waals surface area contributed by atoms with Gasteiger partial charge in [0.25, 0.3) is 0 Å². The molecule has 0 N–H and O–H groups in total. The van der Waals surface area contributed by atoms with Crippen LogP contribution in [-0.4, -0.2) is 40.8 Å². The van der Waals surface area contributed by atoms with Gasteiger partial charge in [-0.2, -0.15) is 0 Å². The maximum atomic E-state index is 12.8. The fourth-order valence-corrected chi connectivity index (χ4v) is 3.29. The molecule has 1 aliphatic rings. The molecule has 4 heteroatoms. The van der Waals surface area contributed by atoms with Gasteiger partial charge in [0.15, 0.2) is 0 Å². The van der Waals surface area contributed by atoms with E-state index in [1.165, 1.54) is 0 Å². The van der Waals surface area contributed by atoms with Gasteiger partial charge < -0.3 is 5.11 Å². The zero-order valence-corrected chi connectivity index (χ0v) is 14.7. The Morgan fingerprint density at radius 3 is 2.12 bits per heavy atom. The molecule has 132 valence electrons. The Labute approximate surface area is 154 Å². The van der Waals surface area contributed by atoms with E-state index in [-0.39, 0.29) is 18.0 Å². The third-order valence-corrected chi connectivity index (χ3v) is 4.39. The van der Waals surface area contributed by atoms with Crippen molar-refractivity contribution >= 4 is 12.1 Å². The standard InChI is InChI=1S/C22H23N3O/c1-3-15-24(16-4-2)21-20(19-13-9-6-10-14-19)25(23-22(21)26)17-18-11-7-5-8-12-18/h3-14,17,20-21H,1-2,15-16H2/b25-17-/t20-,21-/m1/s1. The van der Waals surface area contributed by atoms with Crippen molar-refractivity contribution < 1.29 is 9.79 Å². The summed E-state index contributed by atoms with van der Waals surface area (Å²) in [4.78, 5) is 2.06. The lowest BCUT2D eigenvalue weighted by molar-refractivity contribution is -0.567. The molecule has 0 aliphatic carbocycles. The second-order valence-electron chi connectivity index (χ2n) is 6.19. The minimum absolute atomic E-state index is 0.144. The second kappa shape index (κ2) is 8.41. The van der Waals surface area contributed by atoms with Crippen LogP contribution < -0.4 is 5.11 Å². The summed E-state index contributed by atoms with van der Waals surface area (Å²) < 4.78 is 1.79. The van der Waals surface area contributed by atoms with Crippen LogP contribution in [-0.2, 0) is 0 Å². The van der Waals surface area contributed by atoms with Crippen LogP contribution in [0.15, 0.2) is 91.1 Å². The highest BCUT2D eigenvalue weighted by Gasteiger charge is 2.42. The first-order chi connectivity index (χ1) is 12.7. The summed E-state index contributed by atoms with van der Waals surface area (Å²) >= 11 is 0. The molecule has 0 bridgehead atoms. The van der Waals surface area contributed by atoms with Crippen LogP contribution in [0.25, 0.3) is 0 Å². The molecule has 0 spiro atoms. The molecule has 0 aromatic heterocycles. The molecule has 1 heterocycles. The zero-order valence-electron chi connectivity index (χ0n) is 14.7. The Morgan fingerprint density at radius 1 is 0.962 bits per heavy atom. The molecular weight excluding hydrogens is 322 g/mol. The van der Waals surface area contributed by atoms with E-state index in [0.29, 0.717) is 13.1 Å². The summed E-state index contributed by atoms with van der Waals surface area (Å²) in [7, 11) is 0. The Hall–Kier alpha value is -2.98. The number of hydrogen-bond acceptors (Lipinski definition) is 3. The number of hydrogen-bond donors (Lipinski definition) is 0. The van der Waals surface area contributed by atoms with Gasteiger partial charge in [0.2, 0.25) is 12.3 Å². The molecule has 2 aromatic rings. The summed E-state index contributed by atoms with van der Waals surface area (Å²) in [5.74, 6) is -0.144. The Balaban J connectivity index is 2.06. The van der Waals surface area contributed by atoms with E-state index in [4.69, 9.17) is 0 Å². The average Bonchev–Trinajstić information content (AvgIpc) is 2.98. The van der Waals surface area contributed by atoms with E-state index in [9.17, 15) is 5.11 Å². The van der Waals surface area contributed by atoms with Crippen molar-refractivity contribution in [3.05, 3.63) is 97.1 Å². The zero-order chi connectivity index (χ0) is 18.4. The van der Waals surface area contributed by atoms with E-state index in [1.54, 1.807) is 4.68 Å². The third kappa shape index (κ3) is 3.81. The minimum atomic E-state index is -0.381. The predicted molar refractivity (Wildman–Crippen MR) is 104 cm³/mol. The average molecular weight is 345 g/mol. The normalized spacial score (nSPS) is 21.0. The summed E-state index contributed by atoms with van der Waals surface area (Å²) in [5.41, 5.74) is 2.06. The Morgan fingerprint density at radius 2 is 1.54 bits per heavy atom. The van der Waals surface area contributed by atoms with Crippen molar-refractivity contribution in [1.29, 1.82) is 0 Å². The maximum Gasteiger partial charge on any atom is 0.229 e. The fraction of sp³-hybridized carbons (Fsp3) is 0.182. The SMILES string of the molecule is C=CCN(CC=C)[C@H]1C([O-])=N/[N+](=C\c2ccccc2)[C@@H]1c1ccccc1. The Kier molecular flexibility index (Phi) is 5.77. The lowest BCUT2D eigenvalue weighted by Crippen LogP contribution is -2.48. The van der Waals surface area contributed by atoms with Crippen molar-refractivity contribution in [3.63, 3.8) is 0 Å². The molecule has 26 heavy (non-hydrogen) atoms. The lowest BCUT2D eigenvalue weighted by atomic mass is 9.98. The van der Waals surface area contributed by atoms with Crippen LogP contribution in [0.2, 0.25) is 0 Å². The molecule has 0 fully saturated rings. The van der Waals surface area contributed by atoms with Gasteiger partial charge in [-0.1, -0.05) is 65.4 Å². The monoisotopic (exact) mass is 345 g/mol. The molecule has 0 saturated carbocycles. The summed E-state index contributed by atoms with van der Waals surface area (Å²) in [6.45, 7) is 8.84. The van der Waals surface area contributed by atoms with Crippen molar-refractivity contribution in [2.24, 2.45) is 5.10 Å². The molecular formula is C22H23N3O. The third-order valence-electron chi connectivity index (χ3n) is 4.39. The van der Waals surface area contributed by atoms with Gasteiger partial charge in [-0.15, -0.1) is 13.2 Å². The highest BCUT2D eigenvalue weighted by molar-refractivity contribution is 5.81. The molecule has 4 nitrogen and oxygen atoms in total. The topological polar surface area (TPSA) is 41.7 Å². The van der Waals surface area contributed by atoms with Gasteiger partial charge in [0.1, 0.15) is 6.04 Å². The lowest BCUT2D eigenvalue weighted by Gasteiger charge is -2.30. The van der Waals surface area contributed by atoms with E-state index in [1.807, 2.05) is 79.0 Å². The highest BCUT2D eigenvalue weighted by Crippen LogP contribution is 2.30. The van der Waals surface area contributed by atoms with Gasteiger partial charge in [-0.25, -0.2) is 0 Å². The predicted octanol–water partition coefficient (Wildman–Crippen LogP) is 2.59. The van der Waals surface area contributed by atoms with Crippen LogP contribution >= 0.6 is 0 Å². The molecule has 0 saturated heterocycles. The van der Waals surface area contributed by atoms with Crippen LogP contribution in [0, 0.1) is 0 Å². The van der Waals surface area contributed by atoms with Crippen molar-refractivity contribution in [1.82, 2.24) is 4.90 Å². The first-order valence-electron chi connectivity index (χ1n) is 8.69. The number of hydrazone groups is 1. The molecule has 1 aliphatic heterocycles. The van der Waals surface area contributed by atoms with E-state index < -0.39 is 0 Å². The van der Waals surface area contributed by atoms with Crippen molar-refractivity contribution in [3.8, 4) is 0 Å². The molecule has 3 rings (SSSR count). The van der Waals surface area contributed by atoms with E-state index in [2.05, 4.69) is 23.2 Å².